The van der Waals surface area contributed by atoms with Crippen molar-refractivity contribution in [3.8, 4) is 22.5 Å². The smallest absolute Gasteiger partial charge is 0.211 e. The predicted molar refractivity (Wildman–Crippen MR) is 86.6 cm³/mol. The van der Waals surface area contributed by atoms with Crippen molar-refractivity contribution in [1.82, 2.24) is 19.6 Å². The van der Waals surface area contributed by atoms with Gasteiger partial charge in [0.15, 0.2) is 0 Å². The Hall–Kier alpha value is -3.36. The first-order chi connectivity index (χ1) is 12.8. The molecule has 136 valence electrons. The molecule has 2 heterocycles. The van der Waals surface area contributed by atoms with Crippen molar-refractivity contribution in [2.24, 2.45) is 0 Å². The summed E-state index contributed by atoms with van der Waals surface area (Å²) in [4.78, 5) is 7.54. The fourth-order valence-corrected chi connectivity index (χ4v) is 2.65. The van der Waals surface area contributed by atoms with Gasteiger partial charge in [0, 0.05) is 17.2 Å². The molecule has 0 bridgehead atoms. The Morgan fingerprint density at radius 2 is 1.44 bits per heavy atom. The summed E-state index contributed by atoms with van der Waals surface area (Å²) in [5.74, 6) is -3.46. The molecule has 0 aliphatic carbocycles. The zero-order valence-corrected chi connectivity index (χ0v) is 13.4. The molecule has 0 saturated heterocycles. The van der Waals surface area contributed by atoms with Gasteiger partial charge in [0.05, 0.1) is 11.4 Å². The summed E-state index contributed by atoms with van der Waals surface area (Å²) in [5, 5.41) is 3.43. The first-order valence-electron chi connectivity index (χ1n) is 7.68. The summed E-state index contributed by atoms with van der Waals surface area (Å²) in [6.45, 7) is 0. The van der Waals surface area contributed by atoms with Gasteiger partial charge in [-0.1, -0.05) is 30.3 Å². The molecular formula is C18H9F5N4. The van der Waals surface area contributed by atoms with Crippen molar-refractivity contribution >= 4 is 5.78 Å². The van der Waals surface area contributed by atoms with Gasteiger partial charge in [0.2, 0.25) is 0 Å². The molecule has 0 aliphatic rings. The third kappa shape index (κ3) is 3.23. The second-order valence-electron chi connectivity index (χ2n) is 5.70. The number of nitrogens with zero attached hydrogens (tertiary/aromatic N) is 4. The molecule has 0 atom stereocenters. The highest BCUT2D eigenvalue weighted by molar-refractivity contribution is 5.70. The number of fused-ring (bicyclic) bond motifs is 1. The lowest BCUT2D eigenvalue weighted by atomic mass is 10.1. The van der Waals surface area contributed by atoms with Crippen LogP contribution in [0.3, 0.4) is 0 Å². The standard InChI is InChI=1S/C18H9F5N4/c19-12-6-11(7-13(20)8-12)15-9-14(10-4-2-1-3-5-10)24-17-25-16(18(21,22)23)26-27(15)17/h1-9H. The molecule has 9 heteroatoms. The summed E-state index contributed by atoms with van der Waals surface area (Å²) < 4.78 is 67.2. The van der Waals surface area contributed by atoms with Crippen LogP contribution in [0.5, 0.6) is 0 Å². The van der Waals surface area contributed by atoms with E-state index >= 15 is 0 Å². The van der Waals surface area contributed by atoms with E-state index in [1.807, 2.05) is 0 Å². The van der Waals surface area contributed by atoms with E-state index in [9.17, 15) is 22.0 Å². The Labute approximate surface area is 148 Å². The first kappa shape index (κ1) is 17.1. The van der Waals surface area contributed by atoms with Gasteiger partial charge >= 0.3 is 6.18 Å². The average molecular weight is 376 g/mol. The highest BCUT2D eigenvalue weighted by Crippen LogP contribution is 2.30. The number of aromatic nitrogens is 4. The summed E-state index contributed by atoms with van der Waals surface area (Å²) in [5.41, 5.74) is 0.939. The van der Waals surface area contributed by atoms with Gasteiger partial charge in [-0.05, 0) is 18.2 Å². The molecule has 0 radical (unpaired) electrons. The zero-order chi connectivity index (χ0) is 19.2. The molecule has 0 unspecified atom stereocenters. The first-order valence-corrected chi connectivity index (χ1v) is 7.68. The molecule has 2 aromatic carbocycles. The van der Waals surface area contributed by atoms with E-state index in [0.29, 0.717) is 17.3 Å². The Morgan fingerprint density at radius 1 is 0.778 bits per heavy atom. The number of rotatable bonds is 2. The fraction of sp³-hybridized carbons (Fsp3) is 0.0556. The van der Waals surface area contributed by atoms with Crippen molar-refractivity contribution in [3.63, 3.8) is 0 Å². The Kier molecular flexibility index (Phi) is 3.87. The average Bonchev–Trinajstić information content (AvgIpc) is 3.05. The summed E-state index contributed by atoms with van der Waals surface area (Å²) in [6, 6.07) is 12.7. The van der Waals surface area contributed by atoms with E-state index in [0.717, 1.165) is 16.6 Å². The molecule has 0 N–H and O–H groups in total. The molecule has 0 fully saturated rings. The molecule has 4 nitrogen and oxygen atoms in total. The largest absolute Gasteiger partial charge is 0.453 e. The monoisotopic (exact) mass is 376 g/mol. The molecule has 27 heavy (non-hydrogen) atoms. The van der Waals surface area contributed by atoms with Crippen molar-refractivity contribution in [2.75, 3.05) is 0 Å². The van der Waals surface area contributed by atoms with E-state index in [2.05, 4.69) is 15.1 Å². The molecule has 4 aromatic rings. The van der Waals surface area contributed by atoms with Gasteiger partial charge in [-0.15, -0.1) is 5.10 Å². The van der Waals surface area contributed by atoms with E-state index in [4.69, 9.17) is 0 Å². The lowest BCUT2D eigenvalue weighted by Gasteiger charge is -2.08. The number of hydrogen-bond acceptors (Lipinski definition) is 3. The van der Waals surface area contributed by atoms with Crippen LogP contribution >= 0.6 is 0 Å². The van der Waals surface area contributed by atoms with Crippen LogP contribution in [0.2, 0.25) is 0 Å². The fourth-order valence-electron chi connectivity index (χ4n) is 2.65. The van der Waals surface area contributed by atoms with Crippen LogP contribution in [-0.4, -0.2) is 19.6 Å². The normalized spacial score (nSPS) is 11.9. The minimum atomic E-state index is -4.79. The summed E-state index contributed by atoms with van der Waals surface area (Å²) in [7, 11) is 0. The summed E-state index contributed by atoms with van der Waals surface area (Å²) in [6.07, 6.45) is -4.79. The van der Waals surface area contributed by atoms with Gasteiger partial charge < -0.3 is 0 Å². The second-order valence-corrected chi connectivity index (χ2v) is 5.70. The maximum absolute atomic E-state index is 13.7. The minimum Gasteiger partial charge on any atom is -0.211 e. The molecule has 2 aromatic heterocycles. The third-order valence-corrected chi connectivity index (χ3v) is 3.79. The third-order valence-electron chi connectivity index (χ3n) is 3.79. The molecule has 4 rings (SSSR count). The quantitative estimate of drug-likeness (QED) is 0.474. The van der Waals surface area contributed by atoms with E-state index in [1.54, 1.807) is 30.3 Å². The van der Waals surface area contributed by atoms with Crippen LogP contribution in [0.25, 0.3) is 28.3 Å². The number of halogens is 5. The van der Waals surface area contributed by atoms with E-state index in [-0.39, 0.29) is 17.0 Å². The Morgan fingerprint density at radius 3 is 2.07 bits per heavy atom. The minimum absolute atomic E-state index is 0.00991. The zero-order valence-electron chi connectivity index (χ0n) is 13.4. The van der Waals surface area contributed by atoms with Gasteiger partial charge in [-0.3, -0.25) is 0 Å². The highest BCUT2D eigenvalue weighted by Gasteiger charge is 2.37. The molecule has 0 amide bonds. The van der Waals surface area contributed by atoms with E-state index < -0.39 is 23.6 Å². The Bertz CT molecular complexity index is 1120. The lowest BCUT2D eigenvalue weighted by molar-refractivity contribution is -0.144. The van der Waals surface area contributed by atoms with Gasteiger partial charge in [0.1, 0.15) is 11.6 Å². The number of hydrogen-bond donors (Lipinski definition) is 0. The number of benzene rings is 2. The lowest BCUT2D eigenvalue weighted by Crippen LogP contribution is -2.08. The van der Waals surface area contributed by atoms with Crippen LogP contribution in [0.1, 0.15) is 5.82 Å². The maximum Gasteiger partial charge on any atom is 0.453 e. The molecule has 0 saturated carbocycles. The van der Waals surface area contributed by atoms with E-state index in [1.165, 1.54) is 6.07 Å². The highest BCUT2D eigenvalue weighted by atomic mass is 19.4. The van der Waals surface area contributed by atoms with Gasteiger partial charge in [-0.25, -0.2) is 13.8 Å². The van der Waals surface area contributed by atoms with Crippen LogP contribution < -0.4 is 0 Å². The van der Waals surface area contributed by atoms with Crippen LogP contribution in [0.15, 0.2) is 54.6 Å². The summed E-state index contributed by atoms with van der Waals surface area (Å²) >= 11 is 0. The van der Waals surface area contributed by atoms with Crippen LogP contribution in [0.4, 0.5) is 22.0 Å². The second kappa shape index (κ2) is 6.11. The molecule has 0 spiro atoms. The molecular weight excluding hydrogens is 367 g/mol. The molecule has 0 aliphatic heterocycles. The van der Waals surface area contributed by atoms with Crippen LogP contribution in [-0.2, 0) is 6.18 Å². The van der Waals surface area contributed by atoms with Crippen molar-refractivity contribution in [1.29, 1.82) is 0 Å². The van der Waals surface area contributed by atoms with Gasteiger partial charge in [-0.2, -0.15) is 22.7 Å². The van der Waals surface area contributed by atoms with Crippen molar-refractivity contribution in [2.45, 2.75) is 6.18 Å². The number of alkyl halides is 3. The van der Waals surface area contributed by atoms with Crippen molar-refractivity contribution in [3.05, 3.63) is 72.1 Å². The maximum atomic E-state index is 13.7. The van der Waals surface area contributed by atoms with Crippen molar-refractivity contribution < 1.29 is 22.0 Å². The topological polar surface area (TPSA) is 43.1 Å². The van der Waals surface area contributed by atoms with Crippen LogP contribution in [0, 0.1) is 11.6 Å². The SMILES string of the molecule is Fc1cc(F)cc(-c2cc(-c3ccccc3)nc3nc(C(F)(F)F)nn23)c1. The predicted octanol–water partition coefficient (Wildman–Crippen LogP) is 4.76. The Balaban J connectivity index is 2.03. The van der Waals surface area contributed by atoms with Gasteiger partial charge in [0.25, 0.3) is 11.6 Å².